The van der Waals surface area contributed by atoms with E-state index in [-0.39, 0.29) is 5.91 Å². The monoisotopic (exact) mass is 189 g/mol. The highest BCUT2D eigenvalue weighted by Gasteiger charge is 1.97. The summed E-state index contributed by atoms with van der Waals surface area (Å²) in [6.07, 6.45) is 6.40. The van der Waals surface area contributed by atoms with Gasteiger partial charge < -0.3 is 5.73 Å². The molecule has 1 aromatic rings. The Morgan fingerprint density at radius 3 is 2.50 bits per heavy atom. The van der Waals surface area contributed by atoms with E-state index in [2.05, 4.69) is 13.0 Å². The summed E-state index contributed by atoms with van der Waals surface area (Å²) in [5, 5.41) is 0. The van der Waals surface area contributed by atoms with E-state index < -0.39 is 0 Å². The van der Waals surface area contributed by atoms with Gasteiger partial charge in [-0.15, -0.1) is 0 Å². The Morgan fingerprint density at radius 1 is 1.36 bits per heavy atom. The van der Waals surface area contributed by atoms with Crippen LogP contribution in [0.25, 0.3) is 6.08 Å². The van der Waals surface area contributed by atoms with Gasteiger partial charge in [-0.2, -0.15) is 0 Å². The second-order valence-corrected chi connectivity index (χ2v) is 3.18. The average Bonchev–Trinajstić information content (AvgIpc) is 2.19. The molecule has 0 saturated heterocycles. The Bertz CT molecular complexity index is 325. The molecule has 0 spiro atoms. The maximum atomic E-state index is 10.8. The van der Waals surface area contributed by atoms with Gasteiger partial charge in [-0.3, -0.25) is 4.79 Å². The van der Waals surface area contributed by atoms with E-state index >= 15 is 0 Å². The molecule has 74 valence electrons. The van der Waals surface area contributed by atoms with Gasteiger partial charge in [0.2, 0.25) is 5.91 Å². The zero-order valence-corrected chi connectivity index (χ0v) is 8.36. The first-order chi connectivity index (χ1) is 6.74. The fourth-order valence-electron chi connectivity index (χ4n) is 1.14. The standard InChI is InChI=1S/C12H15NO/c1-2-3-4-5-10-6-8-11(9-7-10)12(13)14/h4-9H,2-3H2,1H3,(H2,13,14)/b5-4+. The maximum Gasteiger partial charge on any atom is 0.248 e. The molecular weight excluding hydrogens is 174 g/mol. The van der Waals surface area contributed by atoms with Crippen LogP contribution in [0.1, 0.15) is 35.7 Å². The number of carbonyl (C=O) groups is 1. The van der Waals surface area contributed by atoms with E-state index in [4.69, 9.17) is 5.73 Å². The molecule has 2 nitrogen and oxygen atoms in total. The number of allylic oxidation sites excluding steroid dienone is 1. The van der Waals surface area contributed by atoms with Crippen molar-refractivity contribution < 1.29 is 4.79 Å². The lowest BCUT2D eigenvalue weighted by Gasteiger charge is -1.96. The lowest BCUT2D eigenvalue weighted by Crippen LogP contribution is -2.10. The van der Waals surface area contributed by atoms with Crippen LogP contribution < -0.4 is 5.73 Å². The minimum Gasteiger partial charge on any atom is -0.366 e. The fourth-order valence-corrected chi connectivity index (χ4v) is 1.14. The smallest absolute Gasteiger partial charge is 0.248 e. The quantitative estimate of drug-likeness (QED) is 0.777. The van der Waals surface area contributed by atoms with Gasteiger partial charge >= 0.3 is 0 Å². The summed E-state index contributed by atoms with van der Waals surface area (Å²) in [4.78, 5) is 10.8. The van der Waals surface area contributed by atoms with E-state index in [0.29, 0.717) is 5.56 Å². The summed E-state index contributed by atoms with van der Waals surface area (Å²) in [7, 11) is 0. The number of rotatable bonds is 4. The molecule has 0 heterocycles. The molecule has 2 N–H and O–H groups in total. The van der Waals surface area contributed by atoms with Crippen LogP contribution in [0.3, 0.4) is 0 Å². The van der Waals surface area contributed by atoms with Gasteiger partial charge in [-0.05, 0) is 24.1 Å². The van der Waals surface area contributed by atoms with Crippen molar-refractivity contribution in [3.63, 3.8) is 0 Å². The minimum absolute atomic E-state index is 0.380. The van der Waals surface area contributed by atoms with E-state index in [1.54, 1.807) is 12.1 Å². The van der Waals surface area contributed by atoms with Crippen molar-refractivity contribution in [3.8, 4) is 0 Å². The Kier molecular flexibility index (Phi) is 3.92. The second kappa shape index (κ2) is 5.22. The van der Waals surface area contributed by atoms with E-state index in [9.17, 15) is 4.79 Å². The third kappa shape index (κ3) is 3.05. The molecule has 1 aromatic carbocycles. The van der Waals surface area contributed by atoms with Crippen LogP contribution in [0.15, 0.2) is 30.3 Å². The Balaban J connectivity index is 2.68. The lowest BCUT2D eigenvalue weighted by atomic mass is 10.1. The maximum absolute atomic E-state index is 10.8. The Hall–Kier alpha value is -1.57. The normalized spacial score (nSPS) is 10.6. The zero-order chi connectivity index (χ0) is 10.4. The molecule has 1 rings (SSSR count). The molecule has 1 amide bonds. The number of hydrogen-bond acceptors (Lipinski definition) is 1. The van der Waals surface area contributed by atoms with E-state index in [1.807, 2.05) is 18.2 Å². The van der Waals surface area contributed by atoms with Gasteiger partial charge in [0.15, 0.2) is 0 Å². The highest BCUT2D eigenvalue weighted by atomic mass is 16.1. The summed E-state index contributed by atoms with van der Waals surface area (Å²) in [5.74, 6) is -0.380. The average molecular weight is 189 g/mol. The van der Waals surface area contributed by atoms with Crippen LogP contribution >= 0.6 is 0 Å². The fraction of sp³-hybridized carbons (Fsp3) is 0.250. The highest BCUT2D eigenvalue weighted by Crippen LogP contribution is 2.06. The van der Waals surface area contributed by atoms with Crippen LogP contribution in [-0.4, -0.2) is 5.91 Å². The van der Waals surface area contributed by atoms with Crippen molar-refractivity contribution in [1.82, 2.24) is 0 Å². The number of hydrogen-bond donors (Lipinski definition) is 1. The van der Waals surface area contributed by atoms with Crippen LogP contribution in [0.5, 0.6) is 0 Å². The van der Waals surface area contributed by atoms with E-state index in [1.165, 1.54) is 0 Å². The molecule has 14 heavy (non-hydrogen) atoms. The van der Waals surface area contributed by atoms with Crippen molar-refractivity contribution >= 4 is 12.0 Å². The van der Waals surface area contributed by atoms with Crippen LogP contribution in [0.2, 0.25) is 0 Å². The van der Waals surface area contributed by atoms with Crippen LogP contribution in [0.4, 0.5) is 0 Å². The third-order valence-electron chi connectivity index (χ3n) is 1.96. The van der Waals surface area contributed by atoms with Crippen LogP contribution in [0, 0.1) is 0 Å². The number of amides is 1. The first-order valence-corrected chi connectivity index (χ1v) is 4.80. The summed E-state index contributed by atoms with van der Waals surface area (Å²) in [5.41, 5.74) is 6.78. The first kappa shape index (κ1) is 10.5. The molecule has 0 unspecified atom stereocenters. The first-order valence-electron chi connectivity index (χ1n) is 4.80. The van der Waals surface area contributed by atoms with Crippen molar-refractivity contribution in [2.75, 3.05) is 0 Å². The van der Waals surface area contributed by atoms with Crippen molar-refractivity contribution in [3.05, 3.63) is 41.5 Å². The van der Waals surface area contributed by atoms with Crippen molar-refractivity contribution in [2.45, 2.75) is 19.8 Å². The number of primary amides is 1. The van der Waals surface area contributed by atoms with Gasteiger partial charge in [-0.1, -0.05) is 37.6 Å². The Morgan fingerprint density at radius 2 is 2.00 bits per heavy atom. The molecule has 0 bridgehead atoms. The topological polar surface area (TPSA) is 43.1 Å². The molecule has 0 aromatic heterocycles. The highest BCUT2D eigenvalue weighted by molar-refractivity contribution is 5.92. The molecular formula is C12H15NO. The molecule has 2 heteroatoms. The van der Waals surface area contributed by atoms with Gasteiger partial charge in [0, 0.05) is 5.56 Å². The zero-order valence-electron chi connectivity index (χ0n) is 8.36. The molecule has 0 aliphatic rings. The molecule has 0 aliphatic carbocycles. The number of nitrogens with two attached hydrogens (primary N) is 1. The van der Waals surface area contributed by atoms with Crippen molar-refractivity contribution in [2.24, 2.45) is 5.73 Å². The van der Waals surface area contributed by atoms with Gasteiger partial charge in [0.05, 0.1) is 0 Å². The minimum atomic E-state index is -0.380. The molecule has 0 aliphatic heterocycles. The number of unbranched alkanes of at least 4 members (excludes halogenated alkanes) is 1. The Labute approximate surface area is 84.4 Å². The lowest BCUT2D eigenvalue weighted by molar-refractivity contribution is 0.100. The SMILES string of the molecule is CCC/C=C/c1ccc(C(N)=O)cc1. The number of carbonyl (C=O) groups excluding carboxylic acids is 1. The van der Waals surface area contributed by atoms with Crippen molar-refractivity contribution in [1.29, 1.82) is 0 Å². The predicted octanol–water partition coefficient (Wildman–Crippen LogP) is 2.60. The molecule has 0 fully saturated rings. The van der Waals surface area contributed by atoms with Gasteiger partial charge in [0.1, 0.15) is 0 Å². The summed E-state index contributed by atoms with van der Waals surface area (Å²) >= 11 is 0. The largest absolute Gasteiger partial charge is 0.366 e. The van der Waals surface area contributed by atoms with Gasteiger partial charge in [-0.25, -0.2) is 0 Å². The molecule has 0 saturated carbocycles. The summed E-state index contributed by atoms with van der Waals surface area (Å²) in [6.45, 7) is 2.14. The van der Waals surface area contributed by atoms with Gasteiger partial charge in [0.25, 0.3) is 0 Å². The number of benzene rings is 1. The second-order valence-electron chi connectivity index (χ2n) is 3.18. The summed E-state index contributed by atoms with van der Waals surface area (Å²) in [6, 6.07) is 7.28. The molecule has 0 atom stereocenters. The van der Waals surface area contributed by atoms with E-state index in [0.717, 1.165) is 18.4 Å². The summed E-state index contributed by atoms with van der Waals surface area (Å²) < 4.78 is 0. The predicted molar refractivity (Wildman–Crippen MR) is 58.9 cm³/mol. The molecule has 0 radical (unpaired) electrons. The van der Waals surface area contributed by atoms with Crippen LogP contribution in [-0.2, 0) is 0 Å². The third-order valence-corrected chi connectivity index (χ3v) is 1.96.